The molecular formula is C25H33N5O2. The highest BCUT2D eigenvalue weighted by molar-refractivity contribution is 5.93. The van der Waals surface area contributed by atoms with Crippen LogP contribution in [0.25, 0.3) is 11.3 Å². The maximum atomic E-state index is 13.0. The number of likely N-dealkylation sites (tertiary alicyclic amines) is 1. The standard InChI is InChI=1S/C25H33N5O2/c1-16-2-6-20(7-3-16)27-24(31)18-9-12-30(13-10-18)25(32)23-15-22(28-29-23)19-8-11-26-21(14-19)17-4-5-17/h8,11,14-18,20H,2-7,9-10,12-13H2,1H3,(H,27,31)(H,28,29). The fourth-order valence-electron chi connectivity index (χ4n) is 5.03. The number of nitrogens with one attached hydrogen (secondary N) is 2. The Kier molecular flexibility index (Phi) is 5.98. The molecule has 7 heteroatoms. The summed E-state index contributed by atoms with van der Waals surface area (Å²) in [7, 11) is 0. The second-order valence-electron chi connectivity index (χ2n) is 9.94. The molecule has 0 aromatic carbocycles. The predicted molar refractivity (Wildman–Crippen MR) is 122 cm³/mol. The molecule has 2 aromatic rings. The highest BCUT2D eigenvalue weighted by Crippen LogP contribution is 2.39. The zero-order valence-electron chi connectivity index (χ0n) is 18.8. The molecule has 3 fully saturated rings. The molecule has 5 rings (SSSR count). The van der Waals surface area contributed by atoms with E-state index in [1.165, 1.54) is 25.7 Å². The van der Waals surface area contributed by atoms with Crippen molar-refractivity contribution in [2.24, 2.45) is 11.8 Å². The maximum absolute atomic E-state index is 13.0. The van der Waals surface area contributed by atoms with Crippen molar-refractivity contribution < 1.29 is 9.59 Å². The zero-order valence-corrected chi connectivity index (χ0v) is 18.8. The van der Waals surface area contributed by atoms with Gasteiger partial charge in [0.1, 0.15) is 5.69 Å². The first-order valence-corrected chi connectivity index (χ1v) is 12.2. The largest absolute Gasteiger partial charge is 0.353 e. The van der Waals surface area contributed by atoms with Gasteiger partial charge in [0.15, 0.2) is 0 Å². The second-order valence-corrected chi connectivity index (χ2v) is 9.94. The van der Waals surface area contributed by atoms with Gasteiger partial charge in [-0.1, -0.05) is 6.92 Å². The monoisotopic (exact) mass is 435 g/mol. The molecule has 2 amide bonds. The lowest BCUT2D eigenvalue weighted by molar-refractivity contribution is -0.127. The first-order valence-electron chi connectivity index (χ1n) is 12.2. The van der Waals surface area contributed by atoms with Gasteiger partial charge < -0.3 is 10.2 Å². The molecule has 3 aliphatic rings. The summed E-state index contributed by atoms with van der Waals surface area (Å²) in [5.41, 5.74) is 3.38. The van der Waals surface area contributed by atoms with Crippen molar-refractivity contribution in [1.29, 1.82) is 0 Å². The molecule has 2 aromatic heterocycles. The summed E-state index contributed by atoms with van der Waals surface area (Å²) in [6, 6.07) is 6.18. The van der Waals surface area contributed by atoms with Crippen LogP contribution in [0.3, 0.4) is 0 Å². The number of aromatic nitrogens is 3. The minimum absolute atomic E-state index is 0.00777. The number of aromatic amines is 1. The molecule has 2 N–H and O–H groups in total. The molecule has 0 atom stereocenters. The molecule has 32 heavy (non-hydrogen) atoms. The Morgan fingerprint density at radius 2 is 1.78 bits per heavy atom. The van der Waals surface area contributed by atoms with Crippen LogP contribution in [0.1, 0.15) is 80.4 Å². The average molecular weight is 436 g/mol. The van der Waals surface area contributed by atoms with Crippen LogP contribution in [0.5, 0.6) is 0 Å². The van der Waals surface area contributed by atoms with Gasteiger partial charge in [-0.25, -0.2) is 0 Å². The van der Waals surface area contributed by atoms with E-state index in [-0.39, 0.29) is 17.7 Å². The number of hydrogen-bond donors (Lipinski definition) is 2. The van der Waals surface area contributed by atoms with Gasteiger partial charge in [0.25, 0.3) is 5.91 Å². The molecule has 0 spiro atoms. The molecule has 170 valence electrons. The minimum atomic E-state index is -0.0413. The summed E-state index contributed by atoms with van der Waals surface area (Å²) in [6.07, 6.45) is 10.2. The molecule has 0 bridgehead atoms. The smallest absolute Gasteiger partial charge is 0.271 e. The number of carbonyl (C=O) groups is 2. The Bertz CT molecular complexity index is 966. The van der Waals surface area contributed by atoms with Gasteiger partial charge in [-0.3, -0.25) is 19.7 Å². The lowest BCUT2D eigenvalue weighted by atomic mass is 9.86. The molecule has 7 nitrogen and oxygen atoms in total. The Hall–Kier alpha value is -2.70. The van der Waals surface area contributed by atoms with E-state index in [0.717, 1.165) is 48.6 Å². The highest BCUT2D eigenvalue weighted by Gasteiger charge is 2.30. The van der Waals surface area contributed by atoms with Crippen LogP contribution in [0, 0.1) is 11.8 Å². The van der Waals surface area contributed by atoms with E-state index in [0.29, 0.717) is 30.7 Å². The molecule has 3 heterocycles. The summed E-state index contributed by atoms with van der Waals surface area (Å²) < 4.78 is 0. The Labute approximate surface area is 189 Å². The zero-order chi connectivity index (χ0) is 22.1. The lowest BCUT2D eigenvalue weighted by Crippen LogP contribution is -2.46. The summed E-state index contributed by atoms with van der Waals surface area (Å²) in [4.78, 5) is 32.0. The number of amides is 2. The van der Waals surface area contributed by atoms with Gasteiger partial charge in [0.05, 0.1) is 5.69 Å². The van der Waals surface area contributed by atoms with E-state index in [1.807, 2.05) is 23.2 Å². The van der Waals surface area contributed by atoms with Crippen molar-refractivity contribution in [3.8, 4) is 11.3 Å². The number of carbonyl (C=O) groups excluding carboxylic acids is 2. The fourth-order valence-corrected chi connectivity index (χ4v) is 5.03. The normalized spacial score (nSPS) is 24.3. The quantitative estimate of drug-likeness (QED) is 0.745. The van der Waals surface area contributed by atoms with Crippen LogP contribution >= 0.6 is 0 Å². The van der Waals surface area contributed by atoms with Gasteiger partial charge in [0, 0.05) is 48.4 Å². The fraction of sp³-hybridized carbons (Fsp3) is 0.600. The third-order valence-corrected chi connectivity index (χ3v) is 7.40. The van der Waals surface area contributed by atoms with Gasteiger partial charge in [-0.15, -0.1) is 0 Å². The second kappa shape index (κ2) is 9.04. The maximum Gasteiger partial charge on any atom is 0.271 e. The van der Waals surface area contributed by atoms with Crippen LogP contribution in [0.15, 0.2) is 24.4 Å². The van der Waals surface area contributed by atoms with Gasteiger partial charge in [0.2, 0.25) is 5.91 Å². The van der Waals surface area contributed by atoms with E-state index in [1.54, 1.807) is 0 Å². The number of H-pyrrole nitrogens is 1. The predicted octanol–water partition coefficient (Wildman–Crippen LogP) is 3.90. The van der Waals surface area contributed by atoms with Crippen LogP contribution in [0.2, 0.25) is 0 Å². The summed E-state index contributed by atoms with van der Waals surface area (Å²) in [5, 5.41) is 10.5. The van der Waals surface area contributed by atoms with Crippen molar-refractivity contribution in [2.75, 3.05) is 13.1 Å². The minimum Gasteiger partial charge on any atom is -0.353 e. The molecule has 1 saturated heterocycles. The molecular weight excluding hydrogens is 402 g/mol. The van der Waals surface area contributed by atoms with Crippen LogP contribution < -0.4 is 5.32 Å². The van der Waals surface area contributed by atoms with E-state index in [2.05, 4.69) is 33.5 Å². The van der Waals surface area contributed by atoms with Gasteiger partial charge in [-0.05, 0) is 75.5 Å². The van der Waals surface area contributed by atoms with Gasteiger partial charge >= 0.3 is 0 Å². The van der Waals surface area contributed by atoms with Crippen molar-refractivity contribution in [3.05, 3.63) is 35.8 Å². The van der Waals surface area contributed by atoms with E-state index < -0.39 is 0 Å². The first kappa shape index (κ1) is 21.2. The van der Waals surface area contributed by atoms with Gasteiger partial charge in [-0.2, -0.15) is 5.10 Å². The Morgan fingerprint density at radius 1 is 1.03 bits per heavy atom. The molecule has 2 aliphatic carbocycles. The number of pyridine rings is 1. The Morgan fingerprint density at radius 3 is 2.50 bits per heavy atom. The van der Waals surface area contributed by atoms with Crippen molar-refractivity contribution in [3.63, 3.8) is 0 Å². The SMILES string of the molecule is CC1CCC(NC(=O)C2CCN(C(=O)c3cc(-c4ccnc(C5CC5)c4)n[nH]3)CC2)CC1. The molecule has 2 saturated carbocycles. The Balaban J connectivity index is 1.15. The molecule has 0 radical (unpaired) electrons. The number of hydrogen-bond acceptors (Lipinski definition) is 4. The first-order chi connectivity index (χ1) is 15.6. The number of nitrogens with zero attached hydrogens (tertiary/aromatic N) is 3. The summed E-state index contributed by atoms with van der Waals surface area (Å²) in [5.74, 6) is 1.49. The molecule has 1 aliphatic heterocycles. The van der Waals surface area contributed by atoms with E-state index >= 15 is 0 Å². The number of rotatable bonds is 5. The molecule has 0 unspecified atom stereocenters. The van der Waals surface area contributed by atoms with E-state index in [4.69, 9.17) is 0 Å². The summed E-state index contributed by atoms with van der Waals surface area (Å²) in [6.45, 7) is 3.50. The van der Waals surface area contributed by atoms with Crippen LogP contribution in [-0.2, 0) is 4.79 Å². The topological polar surface area (TPSA) is 91.0 Å². The van der Waals surface area contributed by atoms with Crippen LogP contribution in [0.4, 0.5) is 0 Å². The number of piperidine rings is 1. The van der Waals surface area contributed by atoms with Crippen molar-refractivity contribution in [1.82, 2.24) is 25.4 Å². The van der Waals surface area contributed by atoms with Crippen molar-refractivity contribution in [2.45, 2.75) is 70.3 Å². The average Bonchev–Trinajstić information content (AvgIpc) is 3.56. The third kappa shape index (κ3) is 4.71. The summed E-state index contributed by atoms with van der Waals surface area (Å²) >= 11 is 0. The third-order valence-electron chi connectivity index (χ3n) is 7.40. The highest BCUT2D eigenvalue weighted by atomic mass is 16.2. The van der Waals surface area contributed by atoms with Crippen LogP contribution in [-0.4, -0.2) is 51.0 Å². The lowest BCUT2D eigenvalue weighted by Gasteiger charge is -2.33. The van der Waals surface area contributed by atoms with E-state index in [9.17, 15) is 9.59 Å². The van der Waals surface area contributed by atoms with Crippen molar-refractivity contribution >= 4 is 11.8 Å².